The molecule has 82 valence electrons. The lowest BCUT2D eigenvalue weighted by Gasteiger charge is -2.08. The fourth-order valence-corrected chi connectivity index (χ4v) is 1.68. The van der Waals surface area contributed by atoms with Gasteiger partial charge in [0.05, 0.1) is 12.7 Å². The molecule has 0 saturated carbocycles. The minimum Gasteiger partial charge on any atom is -0.496 e. The summed E-state index contributed by atoms with van der Waals surface area (Å²) < 4.78 is 10.7. The van der Waals surface area contributed by atoms with E-state index in [1.165, 1.54) is 0 Å². The van der Waals surface area contributed by atoms with E-state index in [0.717, 1.165) is 16.9 Å². The maximum atomic E-state index is 10.6. The van der Waals surface area contributed by atoms with Gasteiger partial charge in [0.25, 0.3) is 0 Å². The van der Waals surface area contributed by atoms with Crippen LogP contribution in [-0.4, -0.2) is 13.4 Å². The summed E-state index contributed by atoms with van der Waals surface area (Å²) in [4.78, 5) is 10.6. The van der Waals surface area contributed by atoms with Gasteiger partial charge in [-0.3, -0.25) is 4.79 Å². The van der Waals surface area contributed by atoms with Crippen molar-refractivity contribution in [1.29, 1.82) is 0 Å². The van der Waals surface area contributed by atoms with Crippen molar-refractivity contribution < 1.29 is 13.9 Å². The summed E-state index contributed by atoms with van der Waals surface area (Å²) in [6.45, 7) is 1.97. The molecule has 1 aromatic heterocycles. The van der Waals surface area contributed by atoms with Gasteiger partial charge in [-0.2, -0.15) is 0 Å². The van der Waals surface area contributed by atoms with Gasteiger partial charge in [-0.05, 0) is 30.7 Å². The van der Waals surface area contributed by atoms with E-state index in [2.05, 4.69) is 0 Å². The molecule has 1 aromatic carbocycles. The summed E-state index contributed by atoms with van der Waals surface area (Å²) in [5, 5.41) is 0. The number of benzene rings is 1. The number of methoxy groups -OCH3 is 1. The Balaban J connectivity index is 2.57. The molecule has 2 rings (SSSR count). The summed E-state index contributed by atoms with van der Waals surface area (Å²) >= 11 is 0. The Hall–Kier alpha value is -2.03. The lowest BCUT2D eigenvalue weighted by molar-refractivity contribution is 0.110. The number of ether oxygens (including phenoxy) is 1. The molecule has 0 unspecified atom stereocenters. The molecule has 0 radical (unpaired) electrons. The van der Waals surface area contributed by atoms with E-state index in [1.54, 1.807) is 19.2 Å². The first-order valence-corrected chi connectivity index (χ1v) is 4.95. The molecule has 0 fully saturated rings. The molecular formula is C13H12O3. The van der Waals surface area contributed by atoms with Crippen LogP contribution in [0.25, 0.3) is 11.3 Å². The van der Waals surface area contributed by atoms with Gasteiger partial charge in [-0.1, -0.05) is 12.1 Å². The third-order valence-electron chi connectivity index (χ3n) is 2.44. The van der Waals surface area contributed by atoms with Crippen molar-refractivity contribution in [3.8, 4) is 17.1 Å². The number of carbonyl (C=O) groups excluding carboxylic acids is 1. The largest absolute Gasteiger partial charge is 0.496 e. The zero-order valence-corrected chi connectivity index (χ0v) is 9.19. The average molecular weight is 216 g/mol. The molecule has 0 saturated heterocycles. The molecule has 0 aliphatic heterocycles. The Morgan fingerprint density at radius 1 is 1.25 bits per heavy atom. The van der Waals surface area contributed by atoms with Crippen molar-refractivity contribution in [1.82, 2.24) is 0 Å². The Morgan fingerprint density at radius 2 is 2.06 bits per heavy atom. The Kier molecular flexibility index (Phi) is 2.77. The zero-order chi connectivity index (χ0) is 11.5. The lowest BCUT2D eigenvalue weighted by atomic mass is 10.1. The van der Waals surface area contributed by atoms with E-state index in [1.807, 2.05) is 25.1 Å². The van der Waals surface area contributed by atoms with E-state index in [9.17, 15) is 4.79 Å². The predicted molar refractivity (Wildman–Crippen MR) is 60.8 cm³/mol. The highest BCUT2D eigenvalue weighted by Crippen LogP contribution is 2.33. The molecule has 16 heavy (non-hydrogen) atoms. The van der Waals surface area contributed by atoms with Gasteiger partial charge in [-0.25, -0.2) is 0 Å². The second-order valence-electron chi connectivity index (χ2n) is 3.47. The fraction of sp³-hybridized carbons (Fsp3) is 0.154. The van der Waals surface area contributed by atoms with E-state index >= 15 is 0 Å². The summed E-state index contributed by atoms with van der Waals surface area (Å²) in [5.41, 5.74) is 1.93. The van der Waals surface area contributed by atoms with Crippen molar-refractivity contribution in [3.05, 3.63) is 41.7 Å². The minimum absolute atomic E-state index is 0.320. The minimum atomic E-state index is 0.320. The van der Waals surface area contributed by atoms with Crippen molar-refractivity contribution in [2.75, 3.05) is 7.11 Å². The van der Waals surface area contributed by atoms with Gasteiger partial charge in [0.15, 0.2) is 12.0 Å². The first-order chi connectivity index (χ1) is 7.76. The summed E-state index contributed by atoms with van der Waals surface area (Å²) in [5.74, 6) is 1.71. The smallest absolute Gasteiger partial charge is 0.185 e. The molecule has 0 atom stereocenters. The van der Waals surface area contributed by atoms with Gasteiger partial charge < -0.3 is 9.15 Å². The third-order valence-corrected chi connectivity index (χ3v) is 2.44. The number of hydrogen-bond acceptors (Lipinski definition) is 3. The zero-order valence-electron chi connectivity index (χ0n) is 9.19. The van der Waals surface area contributed by atoms with Crippen LogP contribution in [-0.2, 0) is 0 Å². The lowest BCUT2D eigenvalue weighted by Crippen LogP contribution is -1.89. The first-order valence-electron chi connectivity index (χ1n) is 4.95. The Labute approximate surface area is 93.7 Å². The van der Waals surface area contributed by atoms with Crippen LogP contribution in [0.3, 0.4) is 0 Å². The first kappa shape index (κ1) is 10.5. The van der Waals surface area contributed by atoms with Crippen LogP contribution in [0.15, 0.2) is 34.7 Å². The molecule has 3 heteroatoms. The standard InChI is InChI=1S/C13H12O3/c1-9-4-3-5-11(15-2)13(9)12-7-6-10(8-14)16-12/h3-8H,1-2H3. The van der Waals surface area contributed by atoms with Crippen molar-refractivity contribution in [3.63, 3.8) is 0 Å². The normalized spacial score (nSPS) is 10.1. The van der Waals surface area contributed by atoms with E-state index in [4.69, 9.17) is 9.15 Å². The van der Waals surface area contributed by atoms with Crippen LogP contribution < -0.4 is 4.74 Å². The number of aryl methyl sites for hydroxylation is 1. The van der Waals surface area contributed by atoms with Crippen LogP contribution >= 0.6 is 0 Å². The molecule has 0 spiro atoms. The van der Waals surface area contributed by atoms with Gasteiger partial charge >= 0.3 is 0 Å². The molecule has 0 N–H and O–H groups in total. The van der Waals surface area contributed by atoms with Crippen molar-refractivity contribution in [2.45, 2.75) is 6.92 Å². The summed E-state index contributed by atoms with van der Waals surface area (Å²) in [6.07, 6.45) is 0.689. The van der Waals surface area contributed by atoms with E-state index < -0.39 is 0 Å². The molecule has 2 aromatic rings. The number of carbonyl (C=O) groups is 1. The Bertz CT molecular complexity index is 512. The van der Waals surface area contributed by atoms with E-state index in [-0.39, 0.29) is 0 Å². The second kappa shape index (κ2) is 4.23. The highest BCUT2D eigenvalue weighted by atomic mass is 16.5. The summed E-state index contributed by atoms with van der Waals surface area (Å²) in [6, 6.07) is 9.18. The molecule has 3 nitrogen and oxygen atoms in total. The monoisotopic (exact) mass is 216 g/mol. The average Bonchev–Trinajstić information content (AvgIpc) is 2.76. The third kappa shape index (κ3) is 1.72. The molecule has 0 aliphatic carbocycles. The topological polar surface area (TPSA) is 39.4 Å². The summed E-state index contributed by atoms with van der Waals surface area (Å²) in [7, 11) is 1.61. The van der Waals surface area contributed by atoms with Crippen LogP contribution in [0.2, 0.25) is 0 Å². The van der Waals surface area contributed by atoms with Crippen LogP contribution in [0.4, 0.5) is 0 Å². The fourth-order valence-electron chi connectivity index (χ4n) is 1.68. The maximum absolute atomic E-state index is 10.6. The van der Waals surface area contributed by atoms with Crippen molar-refractivity contribution >= 4 is 6.29 Å². The maximum Gasteiger partial charge on any atom is 0.185 e. The highest BCUT2D eigenvalue weighted by molar-refractivity contribution is 5.75. The molecule has 1 heterocycles. The predicted octanol–water partition coefficient (Wildman–Crippen LogP) is 3.08. The van der Waals surface area contributed by atoms with E-state index in [0.29, 0.717) is 17.8 Å². The molecule has 0 aliphatic rings. The molecule has 0 amide bonds. The Morgan fingerprint density at radius 3 is 2.69 bits per heavy atom. The van der Waals surface area contributed by atoms with Crippen LogP contribution in [0.1, 0.15) is 16.1 Å². The number of hydrogen-bond donors (Lipinski definition) is 0. The molecule has 0 bridgehead atoms. The van der Waals surface area contributed by atoms with Gasteiger partial charge in [0, 0.05) is 0 Å². The SMILES string of the molecule is COc1cccc(C)c1-c1ccc(C=O)o1. The van der Waals surface area contributed by atoms with Gasteiger partial charge in [-0.15, -0.1) is 0 Å². The van der Waals surface area contributed by atoms with Crippen LogP contribution in [0.5, 0.6) is 5.75 Å². The highest BCUT2D eigenvalue weighted by Gasteiger charge is 2.12. The number of aldehydes is 1. The molecular weight excluding hydrogens is 204 g/mol. The van der Waals surface area contributed by atoms with Crippen LogP contribution in [0, 0.1) is 6.92 Å². The van der Waals surface area contributed by atoms with Gasteiger partial charge in [0.1, 0.15) is 11.5 Å². The van der Waals surface area contributed by atoms with Gasteiger partial charge in [0.2, 0.25) is 0 Å². The number of furan rings is 1. The quantitative estimate of drug-likeness (QED) is 0.740. The number of rotatable bonds is 3. The van der Waals surface area contributed by atoms with Crippen molar-refractivity contribution in [2.24, 2.45) is 0 Å². The second-order valence-corrected chi connectivity index (χ2v) is 3.47.